The second kappa shape index (κ2) is 6.04. The van der Waals surface area contributed by atoms with Gasteiger partial charge in [0.05, 0.1) is 5.02 Å². The zero-order chi connectivity index (χ0) is 14.0. The van der Waals surface area contributed by atoms with E-state index in [1.165, 1.54) is 17.0 Å². The topological polar surface area (TPSA) is 12.0 Å². The number of hydrogen-bond acceptors (Lipinski definition) is 2. The minimum absolute atomic E-state index is 0.305. The highest BCUT2D eigenvalue weighted by Gasteiger charge is 2.16. The molecular weight excluding hydrogens is 281 g/mol. The largest absolute Gasteiger partial charge is 0.312 e. The Labute approximate surface area is 122 Å². The van der Waals surface area contributed by atoms with Crippen LogP contribution in [0.5, 0.6) is 0 Å². The Morgan fingerprint density at radius 3 is 2.53 bits per heavy atom. The Kier molecular flexibility index (Phi) is 4.61. The van der Waals surface area contributed by atoms with Crippen LogP contribution in [0.15, 0.2) is 30.3 Å². The van der Waals surface area contributed by atoms with Crippen molar-refractivity contribution in [3.8, 4) is 10.4 Å². The molecule has 102 valence electrons. The summed E-state index contributed by atoms with van der Waals surface area (Å²) in [5.74, 6) is 0.209. The third-order valence-corrected chi connectivity index (χ3v) is 4.62. The van der Waals surface area contributed by atoms with Gasteiger partial charge in [-0.2, -0.15) is 0 Å². The highest BCUT2D eigenvalue weighted by Crippen LogP contribution is 2.37. The summed E-state index contributed by atoms with van der Waals surface area (Å²) in [5, 5.41) is 3.78. The average molecular weight is 298 g/mol. The lowest BCUT2D eigenvalue weighted by atomic mass is 10.0. The molecular formula is C15H17ClFNS. The fourth-order valence-corrected chi connectivity index (χ4v) is 3.81. The fraction of sp³-hybridized carbons (Fsp3) is 0.333. The third kappa shape index (κ3) is 3.16. The van der Waals surface area contributed by atoms with E-state index in [9.17, 15) is 4.39 Å². The minimum atomic E-state index is -0.305. The van der Waals surface area contributed by atoms with Gasteiger partial charge in [0, 0.05) is 21.4 Å². The van der Waals surface area contributed by atoms with E-state index >= 15 is 0 Å². The van der Waals surface area contributed by atoms with Gasteiger partial charge < -0.3 is 5.32 Å². The zero-order valence-electron chi connectivity index (χ0n) is 11.2. The maximum absolute atomic E-state index is 13.1. The van der Waals surface area contributed by atoms with Gasteiger partial charge in [0.25, 0.3) is 0 Å². The Bertz CT molecular complexity index is 565. The first-order valence-electron chi connectivity index (χ1n) is 6.25. The van der Waals surface area contributed by atoms with Crippen LogP contribution in [-0.2, 0) is 0 Å². The second-order valence-electron chi connectivity index (χ2n) is 4.84. The van der Waals surface area contributed by atoms with E-state index in [0.717, 1.165) is 10.4 Å². The normalized spacial score (nSPS) is 12.9. The van der Waals surface area contributed by atoms with Gasteiger partial charge in [-0.3, -0.25) is 0 Å². The molecule has 0 aliphatic rings. The van der Waals surface area contributed by atoms with Crippen LogP contribution < -0.4 is 5.32 Å². The number of thiophene rings is 1. The molecule has 4 heteroatoms. The fourth-order valence-electron chi connectivity index (χ4n) is 2.16. The first kappa shape index (κ1) is 14.5. The molecule has 1 aromatic carbocycles. The Morgan fingerprint density at radius 1 is 1.21 bits per heavy atom. The van der Waals surface area contributed by atoms with Crippen LogP contribution in [0, 0.1) is 11.7 Å². The van der Waals surface area contributed by atoms with E-state index in [2.05, 4.69) is 25.2 Å². The molecule has 1 atom stereocenters. The van der Waals surface area contributed by atoms with Crippen molar-refractivity contribution >= 4 is 22.9 Å². The van der Waals surface area contributed by atoms with E-state index in [1.807, 2.05) is 13.1 Å². The van der Waals surface area contributed by atoms with E-state index in [-0.39, 0.29) is 5.82 Å². The van der Waals surface area contributed by atoms with Gasteiger partial charge in [-0.1, -0.05) is 25.4 Å². The van der Waals surface area contributed by atoms with Gasteiger partial charge in [0.15, 0.2) is 0 Å². The number of rotatable bonds is 4. The van der Waals surface area contributed by atoms with Crippen molar-refractivity contribution in [3.63, 3.8) is 0 Å². The van der Waals surface area contributed by atoms with Crippen molar-refractivity contribution in [2.45, 2.75) is 19.9 Å². The van der Waals surface area contributed by atoms with Crippen LogP contribution in [0.3, 0.4) is 0 Å². The Balaban J connectivity index is 2.35. The van der Waals surface area contributed by atoms with Crippen molar-refractivity contribution in [3.05, 3.63) is 46.0 Å². The molecule has 1 aromatic heterocycles. The van der Waals surface area contributed by atoms with Gasteiger partial charge in [-0.15, -0.1) is 11.3 Å². The monoisotopic (exact) mass is 297 g/mol. The highest BCUT2D eigenvalue weighted by molar-refractivity contribution is 7.15. The van der Waals surface area contributed by atoms with Crippen molar-refractivity contribution in [1.29, 1.82) is 0 Å². The summed E-state index contributed by atoms with van der Waals surface area (Å²) in [4.78, 5) is 2.34. The smallest absolute Gasteiger partial charge is 0.124 e. The molecule has 2 rings (SSSR count). The molecule has 0 fully saturated rings. The summed E-state index contributed by atoms with van der Waals surface area (Å²) in [6.07, 6.45) is 0. The molecule has 0 aliphatic heterocycles. The van der Waals surface area contributed by atoms with Crippen molar-refractivity contribution in [2.75, 3.05) is 7.05 Å². The van der Waals surface area contributed by atoms with Gasteiger partial charge in [0.2, 0.25) is 0 Å². The maximum atomic E-state index is 13.1. The highest BCUT2D eigenvalue weighted by atomic mass is 35.5. The van der Waals surface area contributed by atoms with E-state index < -0.39 is 0 Å². The molecule has 1 unspecified atom stereocenters. The van der Waals surface area contributed by atoms with Gasteiger partial charge in [-0.25, -0.2) is 4.39 Å². The van der Waals surface area contributed by atoms with E-state index in [4.69, 9.17) is 11.6 Å². The SMILES string of the molecule is CNC(c1ccc(-c2ccc(F)cc2Cl)s1)C(C)C. The van der Waals surface area contributed by atoms with Crippen molar-refractivity contribution in [1.82, 2.24) is 5.32 Å². The zero-order valence-corrected chi connectivity index (χ0v) is 12.8. The summed E-state index contributed by atoms with van der Waals surface area (Å²) < 4.78 is 13.1. The van der Waals surface area contributed by atoms with Gasteiger partial charge in [-0.05, 0) is 43.3 Å². The predicted octanol–water partition coefficient (Wildman–Crippen LogP) is 5.12. The van der Waals surface area contributed by atoms with Crippen LogP contribution in [0.4, 0.5) is 4.39 Å². The van der Waals surface area contributed by atoms with E-state index in [0.29, 0.717) is 17.0 Å². The summed E-state index contributed by atoms with van der Waals surface area (Å²) >= 11 is 7.80. The molecule has 1 nitrogen and oxygen atoms in total. The van der Waals surface area contributed by atoms with Gasteiger partial charge >= 0.3 is 0 Å². The molecule has 0 saturated heterocycles. The molecule has 0 radical (unpaired) electrons. The Morgan fingerprint density at radius 2 is 1.95 bits per heavy atom. The molecule has 19 heavy (non-hydrogen) atoms. The molecule has 2 aromatic rings. The van der Waals surface area contributed by atoms with Crippen LogP contribution in [0.1, 0.15) is 24.8 Å². The third-order valence-electron chi connectivity index (χ3n) is 3.11. The Hall–Kier alpha value is -0.900. The standard InChI is InChI=1S/C15H17ClFNS/c1-9(2)15(18-3)14-7-6-13(19-14)11-5-4-10(17)8-12(11)16/h4-9,15,18H,1-3H3. The van der Waals surface area contributed by atoms with Crippen LogP contribution in [-0.4, -0.2) is 7.05 Å². The van der Waals surface area contributed by atoms with Crippen LogP contribution in [0.25, 0.3) is 10.4 Å². The first-order chi connectivity index (χ1) is 9.02. The average Bonchev–Trinajstić information content (AvgIpc) is 2.78. The molecule has 1 N–H and O–H groups in total. The number of halogens is 2. The lowest BCUT2D eigenvalue weighted by Crippen LogP contribution is -2.20. The van der Waals surface area contributed by atoms with Gasteiger partial charge in [0.1, 0.15) is 5.82 Å². The molecule has 0 aliphatic carbocycles. The number of nitrogens with one attached hydrogen (secondary N) is 1. The minimum Gasteiger partial charge on any atom is -0.312 e. The van der Waals surface area contributed by atoms with Crippen molar-refractivity contribution in [2.24, 2.45) is 5.92 Å². The lowest BCUT2D eigenvalue weighted by molar-refractivity contribution is 0.449. The summed E-state index contributed by atoms with van der Waals surface area (Å²) in [5.41, 5.74) is 0.887. The van der Waals surface area contributed by atoms with E-state index in [1.54, 1.807) is 17.4 Å². The van der Waals surface area contributed by atoms with Crippen LogP contribution in [0.2, 0.25) is 5.02 Å². The quantitative estimate of drug-likeness (QED) is 0.825. The first-order valence-corrected chi connectivity index (χ1v) is 7.44. The lowest BCUT2D eigenvalue weighted by Gasteiger charge is -2.18. The summed E-state index contributed by atoms with van der Waals surface area (Å²) in [6.45, 7) is 4.37. The second-order valence-corrected chi connectivity index (χ2v) is 6.36. The predicted molar refractivity (Wildman–Crippen MR) is 81.4 cm³/mol. The van der Waals surface area contributed by atoms with Crippen molar-refractivity contribution < 1.29 is 4.39 Å². The summed E-state index contributed by atoms with van der Waals surface area (Å²) in [6, 6.07) is 9.02. The molecule has 0 amide bonds. The molecule has 0 bridgehead atoms. The van der Waals surface area contributed by atoms with Crippen LogP contribution >= 0.6 is 22.9 Å². The maximum Gasteiger partial charge on any atom is 0.124 e. The molecule has 0 spiro atoms. The number of benzene rings is 1. The molecule has 0 saturated carbocycles. The summed E-state index contributed by atoms with van der Waals surface area (Å²) in [7, 11) is 1.97. The number of hydrogen-bond donors (Lipinski definition) is 1. The molecule has 1 heterocycles.